The van der Waals surface area contributed by atoms with Crippen LogP contribution in [0.25, 0.3) is 11.0 Å². The molecule has 0 saturated carbocycles. The van der Waals surface area contributed by atoms with Crippen molar-refractivity contribution in [2.75, 3.05) is 31.1 Å². The molecule has 2 aromatic rings. The SMILES string of the molecule is OCCNC1CCCN(c2cnc3[nH]ccc3c2)C1. The van der Waals surface area contributed by atoms with Crippen LogP contribution >= 0.6 is 0 Å². The molecule has 102 valence electrons. The number of H-pyrrole nitrogens is 1. The van der Waals surface area contributed by atoms with E-state index in [2.05, 4.69) is 32.3 Å². The van der Waals surface area contributed by atoms with Crippen LogP contribution in [-0.2, 0) is 0 Å². The second-order valence-electron chi connectivity index (χ2n) is 5.07. The molecule has 1 aliphatic rings. The van der Waals surface area contributed by atoms with Crippen LogP contribution in [0.1, 0.15) is 12.8 Å². The Balaban J connectivity index is 1.73. The zero-order chi connectivity index (χ0) is 13.1. The number of nitrogens with one attached hydrogen (secondary N) is 2. The summed E-state index contributed by atoms with van der Waals surface area (Å²) in [4.78, 5) is 9.94. The maximum atomic E-state index is 8.88. The molecule has 1 saturated heterocycles. The summed E-state index contributed by atoms with van der Waals surface area (Å²) in [6.07, 6.45) is 6.21. The Kier molecular flexibility index (Phi) is 3.66. The number of rotatable bonds is 4. The normalized spacial score (nSPS) is 20.1. The number of hydrogen-bond donors (Lipinski definition) is 3. The molecular formula is C14H20N4O. The average molecular weight is 260 g/mol. The maximum absolute atomic E-state index is 8.88. The largest absolute Gasteiger partial charge is 0.395 e. The van der Waals surface area contributed by atoms with Gasteiger partial charge in [-0.15, -0.1) is 0 Å². The van der Waals surface area contributed by atoms with Gasteiger partial charge in [0.2, 0.25) is 0 Å². The Morgan fingerprint density at radius 3 is 3.37 bits per heavy atom. The number of piperidine rings is 1. The van der Waals surface area contributed by atoms with Gasteiger partial charge in [0.05, 0.1) is 18.5 Å². The summed E-state index contributed by atoms with van der Waals surface area (Å²) >= 11 is 0. The van der Waals surface area contributed by atoms with Gasteiger partial charge in [-0.25, -0.2) is 4.98 Å². The van der Waals surface area contributed by atoms with Gasteiger partial charge in [-0.2, -0.15) is 0 Å². The number of aliphatic hydroxyl groups is 1. The van der Waals surface area contributed by atoms with Crippen LogP contribution in [0.5, 0.6) is 0 Å². The minimum atomic E-state index is 0.202. The van der Waals surface area contributed by atoms with E-state index in [-0.39, 0.29) is 6.61 Å². The zero-order valence-corrected chi connectivity index (χ0v) is 11.0. The molecule has 3 N–H and O–H groups in total. The molecule has 1 fully saturated rings. The number of aromatic amines is 1. The van der Waals surface area contributed by atoms with Crippen molar-refractivity contribution >= 4 is 16.7 Å². The van der Waals surface area contributed by atoms with Gasteiger partial charge >= 0.3 is 0 Å². The van der Waals surface area contributed by atoms with Crippen LogP contribution in [0.4, 0.5) is 5.69 Å². The van der Waals surface area contributed by atoms with Crippen molar-refractivity contribution in [3.8, 4) is 0 Å². The molecule has 1 unspecified atom stereocenters. The number of aliphatic hydroxyl groups excluding tert-OH is 1. The lowest BCUT2D eigenvalue weighted by atomic mass is 10.1. The first-order valence-electron chi connectivity index (χ1n) is 6.89. The third-order valence-electron chi connectivity index (χ3n) is 3.72. The third kappa shape index (κ3) is 2.72. The number of hydrogen-bond acceptors (Lipinski definition) is 4. The monoisotopic (exact) mass is 260 g/mol. The van der Waals surface area contributed by atoms with E-state index in [0.29, 0.717) is 12.6 Å². The predicted molar refractivity (Wildman–Crippen MR) is 76.4 cm³/mol. The molecule has 0 aliphatic carbocycles. The van der Waals surface area contributed by atoms with E-state index in [0.717, 1.165) is 24.1 Å². The minimum absolute atomic E-state index is 0.202. The van der Waals surface area contributed by atoms with Crippen molar-refractivity contribution < 1.29 is 5.11 Å². The Morgan fingerprint density at radius 2 is 2.47 bits per heavy atom. The molecule has 3 rings (SSSR count). The fraction of sp³-hybridized carbons (Fsp3) is 0.500. The van der Waals surface area contributed by atoms with Gasteiger partial charge in [0, 0.05) is 37.3 Å². The van der Waals surface area contributed by atoms with Crippen molar-refractivity contribution in [1.29, 1.82) is 0 Å². The Hall–Kier alpha value is -1.59. The molecule has 0 bridgehead atoms. The van der Waals surface area contributed by atoms with Crippen LogP contribution < -0.4 is 10.2 Å². The van der Waals surface area contributed by atoms with Gasteiger partial charge in [-0.05, 0) is 25.0 Å². The van der Waals surface area contributed by atoms with Gasteiger partial charge < -0.3 is 20.3 Å². The lowest BCUT2D eigenvalue weighted by Gasteiger charge is -2.34. The number of anilines is 1. The smallest absolute Gasteiger partial charge is 0.137 e. The Morgan fingerprint density at radius 1 is 1.53 bits per heavy atom. The highest BCUT2D eigenvalue weighted by molar-refractivity contribution is 5.79. The van der Waals surface area contributed by atoms with E-state index >= 15 is 0 Å². The molecule has 0 aromatic carbocycles. The van der Waals surface area contributed by atoms with Gasteiger partial charge in [0.25, 0.3) is 0 Å². The highest BCUT2D eigenvalue weighted by Crippen LogP contribution is 2.22. The molecule has 2 aromatic heterocycles. The van der Waals surface area contributed by atoms with Gasteiger partial charge in [-0.3, -0.25) is 0 Å². The van der Waals surface area contributed by atoms with E-state index in [1.807, 2.05) is 12.4 Å². The topological polar surface area (TPSA) is 64.2 Å². The summed E-state index contributed by atoms with van der Waals surface area (Å²) in [5.74, 6) is 0. The Labute approximate surface area is 112 Å². The summed E-state index contributed by atoms with van der Waals surface area (Å²) in [6, 6.07) is 4.70. The Bertz CT molecular complexity index is 539. The van der Waals surface area contributed by atoms with Crippen LogP contribution in [-0.4, -0.2) is 47.4 Å². The van der Waals surface area contributed by atoms with Crippen LogP contribution in [0.15, 0.2) is 24.5 Å². The van der Waals surface area contributed by atoms with Crippen molar-refractivity contribution in [3.05, 3.63) is 24.5 Å². The molecule has 5 heteroatoms. The number of fused-ring (bicyclic) bond motifs is 1. The predicted octanol–water partition coefficient (Wildman–Crippen LogP) is 1.11. The number of aromatic nitrogens is 2. The molecule has 0 spiro atoms. The summed E-state index contributed by atoms with van der Waals surface area (Å²) in [6.45, 7) is 2.94. The first-order valence-corrected chi connectivity index (χ1v) is 6.89. The second kappa shape index (κ2) is 5.59. The first kappa shape index (κ1) is 12.4. The van der Waals surface area contributed by atoms with E-state index in [9.17, 15) is 0 Å². The highest BCUT2D eigenvalue weighted by Gasteiger charge is 2.19. The fourth-order valence-corrected chi connectivity index (χ4v) is 2.75. The van der Waals surface area contributed by atoms with E-state index < -0.39 is 0 Å². The van der Waals surface area contributed by atoms with Crippen molar-refractivity contribution in [2.45, 2.75) is 18.9 Å². The van der Waals surface area contributed by atoms with Crippen LogP contribution in [0.3, 0.4) is 0 Å². The molecule has 0 amide bonds. The average Bonchev–Trinajstić information content (AvgIpc) is 2.92. The summed E-state index contributed by atoms with van der Waals surface area (Å²) in [5.41, 5.74) is 2.12. The maximum Gasteiger partial charge on any atom is 0.137 e. The second-order valence-corrected chi connectivity index (χ2v) is 5.07. The van der Waals surface area contributed by atoms with E-state index in [1.165, 1.54) is 18.5 Å². The number of nitrogens with zero attached hydrogens (tertiary/aromatic N) is 2. The molecule has 1 aliphatic heterocycles. The molecule has 3 heterocycles. The highest BCUT2D eigenvalue weighted by atomic mass is 16.3. The van der Waals surface area contributed by atoms with Gasteiger partial charge in [-0.1, -0.05) is 0 Å². The lowest BCUT2D eigenvalue weighted by Crippen LogP contribution is -2.46. The third-order valence-corrected chi connectivity index (χ3v) is 3.72. The zero-order valence-electron chi connectivity index (χ0n) is 11.0. The molecule has 1 atom stereocenters. The molecular weight excluding hydrogens is 240 g/mol. The number of pyridine rings is 1. The van der Waals surface area contributed by atoms with Gasteiger partial charge in [0.1, 0.15) is 5.65 Å². The molecule has 0 radical (unpaired) electrons. The van der Waals surface area contributed by atoms with Crippen molar-refractivity contribution in [3.63, 3.8) is 0 Å². The first-order chi connectivity index (χ1) is 9.36. The quantitative estimate of drug-likeness (QED) is 0.770. The van der Waals surface area contributed by atoms with Crippen molar-refractivity contribution in [2.24, 2.45) is 0 Å². The summed E-state index contributed by atoms with van der Waals surface area (Å²) in [5, 5.41) is 13.4. The standard InChI is InChI=1S/C14H20N4O/c19-7-5-15-12-2-1-6-18(10-12)13-8-11-3-4-16-14(11)17-9-13/h3-4,8-9,12,15,19H,1-2,5-7,10H2,(H,16,17). The minimum Gasteiger partial charge on any atom is -0.395 e. The van der Waals surface area contributed by atoms with E-state index in [4.69, 9.17) is 5.11 Å². The lowest BCUT2D eigenvalue weighted by molar-refractivity contribution is 0.278. The summed E-state index contributed by atoms with van der Waals surface area (Å²) in [7, 11) is 0. The van der Waals surface area contributed by atoms with Gasteiger partial charge in [0.15, 0.2) is 0 Å². The summed E-state index contributed by atoms with van der Waals surface area (Å²) < 4.78 is 0. The molecule has 19 heavy (non-hydrogen) atoms. The van der Waals surface area contributed by atoms with Crippen LogP contribution in [0, 0.1) is 0 Å². The van der Waals surface area contributed by atoms with Crippen LogP contribution in [0.2, 0.25) is 0 Å². The molecule has 5 nitrogen and oxygen atoms in total. The van der Waals surface area contributed by atoms with E-state index in [1.54, 1.807) is 0 Å². The van der Waals surface area contributed by atoms with Crippen molar-refractivity contribution in [1.82, 2.24) is 15.3 Å². The fourth-order valence-electron chi connectivity index (χ4n) is 2.75.